The molecule has 0 radical (unpaired) electrons. The maximum absolute atomic E-state index is 12.5. The molecule has 25 heavy (non-hydrogen) atoms. The van der Waals surface area contributed by atoms with Crippen LogP contribution < -0.4 is 5.32 Å². The summed E-state index contributed by atoms with van der Waals surface area (Å²) in [6.45, 7) is 6.23. The van der Waals surface area contributed by atoms with Crippen molar-refractivity contribution < 1.29 is 14.4 Å². The molecule has 6 heteroatoms. The molecule has 1 saturated heterocycles. The lowest BCUT2D eigenvalue weighted by Gasteiger charge is -2.37. The average molecular weight is 343 g/mol. The first kappa shape index (κ1) is 17.6. The molecule has 3 rings (SSSR count). The molecule has 2 amide bonds. The van der Waals surface area contributed by atoms with Crippen molar-refractivity contribution in [3.8, 4) is 0 Å². The summed E-state index contributed by atoms with van der Waals surface area (Å²) in [6, 6.07) is 6.65. The summed E-state index contributed by atoms with van der Waals surface area (Å²) in [7, 11) is 0. The standard InChI is InChI=1S/C19H25N3O3/c1-13(18(24)20-17-7-5-15(6-8-17)14(2)23)21-9-11-22(12-10-21)19(25)16-3-4-16/h5-8,13,16H,3-4,9-12H2,1-2H3,(H,20,24). The third-order valence-electron chi connectivity index (χ3n) is 5.04. The minimum absolute atomic E-state index is 0.00450. The highest BCUT2D eigenvalue weighted by Gasteiger charge is 2.35. The fourth-order valence-corrected chi connectivity index (χ4v) is 3.12. The van der Waals surface area contributed by atoms with Gasteiger partial charge in [0, 0.05) is 43.3 Å². The van der Waals surface area contributed by atoms with Gasteiger partial charge in [-0.2, -0.15) is 0 Å². The van der Waals surface area contributed by atoms with Crippen LogP contribution in [0.15, 0.2) is 24.3 Å². The van der Waals surface area contributed by atoms with Gasteiger partial charge in [-0.3, -0.25) is 19.3 Å². The van der Waals surface area contributed by atoms with Gasteiger partial charge in [-0.1, -0.05) is 0 Å². The zero-order valence-electron chi connectivity index (χ0n) is 14.8. The van der Waals surface area contributed by atoms with Crippen LogP contribution >= 0.6 is 0 Å². The average Bonchev–Trinajstić information content (AvgIpc) is 3.46. The molecule has 2 fully saturated rings. The molecule has 1 N–H and O–H groups in total. The third-order valence-corrected chi connectivity index (χ3v) is 5.04. The zero-order chi connectivity index (χ0) is 18.0. The Bertz CT molecular complexity index is 659. The van der Waals surface area contributed by atoms with Gasteiger partial charge in [-0.15, -0.1) is 0 Å². The van der Waals surface area contributed by atoms with Gasteiger partial charge in [0.15, 0.2) is 5.78 Å². The molecular weight excluding hydrogens is 318 g/mol. The number of ketones is 1. The number of hydrogen-bond acceptors (Lipinski definition) is 4. The first-order chi connectivity index (χ1) is 12.0. The van der Waals surface area contributed by atoms with Crippen LogP contribution in [0.3, 0.4) is 0 Å². The molecule has 1 aliphatic carbocycles. The van der Waals surface area contributed by atoms with Crippen molar-refractivity contribution in [2.24, 2.45) is 5.92 Å². The van der Waals surface area contributed by atoms with Gasteiger partial charge in [0.1, 0.15) is 0 Å². The van der Waals surface area contributed by atoms with Gasteiger partial charge < -0.3 is 10.2 Å². The van der Waals surface area contributed by atoms with Crippen molar-refractivity contribution in [3.63, 3.8) is 0 Å². The van der Waals surface area contributed by atoms with E-state index in [4.69, 9.17) is 0 Å². The van der Waals surface area contributed by atoms with Gasteiger partial charge >= 0.3 is 0 Å². The lowest BCUT2D eigenvalue weighted by molar-refractivity contribution is -0.135. The minimum atomic E-state index is -0.259. The van der Waals surface area contributed by atoms with Crippen molar-refractivity contribution in [1.29, 1.82) is 0 Å². The van der Waals surface area contributed by atoms with Crippen LogP contribution in [0.4, 0.5) is 5.69 Å². The molecule has 0 aromatic heterocycles. The third kappa shape index (κ3) is 4.25. The molecule has 0 bridgehead atoms. The Morgan fingerprint density at radius 1 is 1.04 bits per heavy atom. The number of nitrogens with one attached hydrogen (secondary N) is 1. The Balaban J connectivity index is 1.50. The highest BCUT2D eigenvalue weighted by atomic mass is 16.2. The maximum Gasteiger partial charge on any atom is 0.241 e. The van der Waals surface area contributed by atoms with Gasteiger partial charge in [0.25, 0.3) is 0 Å². The molecule has 1 aliphatic heterocycles. The lowest BCUT2D eigenvalue weighted by atomic mass is 10.1. The summed E-state index contributed by atoms with van der Waals surface area (Å²) in [4.78, 5) is 39.9. The number of carbonyl (C=O) groups is 3. The zero-order valence-corrected chi connectivity index (χ0v) is 14.8. The second-order valence-electron chi connectivity index (χ2n) is 6.93. The number of anilines is 1. The molecule has 0 spiro atoms. The van der Waals surface area contributed by atoms with Gasteiger partial charge in [0.05, 0.1) is 6.04 Å². The molecular formula is C19H25N3O3. The van der Waals surface area contributed by atoms with E-state index in [2.05, 4.69) is 10.2 Å². The Labute approximate surface area is 148 Å². The van der Waals surface area contributed by atoms with Crippen LogP contribution in [0.1, 0.15) is 37.0 Å². The summed E-state index contributed by atoms with van der Waals surface area (Å²) in [5.74, 6) is 0.468. The second-order valence-corrected chi connectivity index (χ2v) is 6.93. The highest BCUT2D eigenvalue weighted by molar-refractivity contribution is 5.97. The van der Waals surface area contributed by atoms with E-state index in [9.17, 15) is 14.4 Å². The SMILES string of the molecule is CC(=O)c1ccc(NC(=O)C(C)N2CCN(C(=O)C3CC3)CC2)cc1. The van der Waals surface area contributed by atoms with E-state index in [0.717, 1.165) is 25.9 Å². The molecule has 1 heterocycles. The van der Waals surface area contributed by atoms with Gasteiger partial charge in [-0.25, -0.2) is 0 Å². The van der Waals surface area contributed by atoms with Crippen molar-refractivity contribution in [2.45, 2.75) is 32.7 Å². The predicted molar refractivity (Wildman–Crippen MR) is 95.4 cm³/mol. The van der Waals surface area contributed by atoms with Crippen molar-refractivity contribution in [1.82, 2.24) is 9.80 Å². The summed E-state index contributed by atoms with van der Waals surface area (Å²) >= 11 is 0. The molecule has 1 aromatic rings. The molecule has 2 aliphatic rings. The number of amides is 2. The number of piperazine rings is 1. The molecule has 1 atom stereocenters. The first-order valence-corrected chi connectivity index (χ1v) is 8.90. The van der Waals surface area contributed by atoms with E-state index in [1.165, 1.54) is 6.92 Å². The monoisotopic (exact) mass is 343 g/mol. The van der Waals surface area contributed by atoms with Crippen LogP contribution in [0.25, 0.3) is 0 Å². The molecule has 134 valence electrons. The topological polar surface area (TPSA) is 69.7 Å². The van der Waals surface area contributed by atoms with E-state index in [-0.39, 0.29) is 29.6 Å². The van der Waals surface area contributed by atoms with E-state index in [1.54, 1.807) is 24.3 Å². The van der Waals surface area contributed by atoms with Crippen LogP contribution in [0.2, 0.25) is 0 Å². The quantitative estimate of drug-likeness (QED) is 0.827. The number of benzene rings is 1. The number of nitrogens with zero attached hydrogens (tertiary/aromatic N) is 2. The van der Waals surface area contributed by atoms with Gasteiger partial charge in [0.2, 0.25) is 11.8 Å². The second kappa shape index (κ2) is 7.35. The summed E-state index contributed by atoms with van der Waals surface area (Å²) < 4.78 is 0. The molecule has 1 aromatic carbocycles. The number of rotatable bonds is 5. The van der Waals surface area contributed by atoms with Crippen molar-refractivity contribution >= 4 is 23.3 Å². The van der Waals surface area contributed by atoms with Crippen molar-refractivity contribution in [2.75, 3.05) is 31.5 Å². The van der Waals surface area contributed by atoms with E-state index in [0.29, 0.717) is 24.3 Å². The van der Waals surface area contributed by atoms with Crippen molar-refractivity contribution in [3.05, 3.63) is 29.8 Å². The Hall–Kier alpha value is -2.21. The minimum Gasteiger partial charge on any atom is -0.340 e. The summed E-state index contributed by atoms with van der Waals surface area (Å²) in [5.41, 5.74) is 1.31. The Morgan fingerprint density at radius 3 is 2.16 bits per heavy atom. The fraction of sp³-hybridized carbons (Fsp3) is 0.526. The number of hydrogen-bond donors (Lipinski definition) is 1. The summed E-state index contributed by atoms with van der Waals surface area (Å²) in [5, 5.41) is 2.89. The van der Waals surface area contributed by atoms with Crippen LogP contribution in [0.5, 0.6) is 0 Å². The number of Topliss-reactive ketones (excluding diaryl/α,β-unsaturated/α-hetero) is 1. The Morgan fingerprint density at radius 2 is 1.64 bits per heavy atom. The Kier molecular flexibility index (Phi) is 5.18. The summed E-state index contributed by atoms with van der Waals surface area (Å²) in [6.07, 6.45) is 2.06. The largest absolute Gasteiger partial charge is 0.340 e. The number of carbonyl (C=O) groups excluding carboxylic acids is 3. The molecule has 1 unspecified atom stereocenters. The van der Waals surface area contributed by atoms with E-state index >= 15 is 0 Å². The molecule has 6 nitrogen and oxygen atoms in total. The maximum atomic E-state index is 12.5. The smallest absolute Gasteiger partial charge is 0.241 e. The van der Waals surface area contributed by atoms with E-state index < -0.39 is 0 Å². The first-order valence-electron chi connectivity index (χ1n) is 8.90. The van der Waals surface area contributed by atoms with Crippen LogP contribution in [0, 0.1) is 5.92 Å². The normalized spacial score (nSPS) is 19.4. The van der Waals surface area contributed by atoms with Gasteiger partial charge in [-0.05, 0) is 51.0 Å². The highest BCUT2D eigenvalue weighted by Crippen LogP contribution is 2.31. The predicted octanol–water partition coefficient (Wildman–Crippen LogP) is 1.77. The van der Waals surface area contributed by atoms with E-state index in [1.807, 2.05) is 11.8 Å². The lowest BCUT2D eigenvalue weighted by Crippen LogP contribution is -2.54. The molecule has 1 saturated carbocycles. The fourth-order valence-electron chi connectivity index (χ4n) is 3.12. The van der Waals surface area contributed by atoms with Crippen LogP contribution in [-0.2, 0) is 9.59 Å². The van der Waals surface area contributed by atoms with Crippen LogP contribution in [-0.4, -0.2) is 59.6 Å².